The highest BCUT2D eigenvalue weighted by atomic mass is 32.1. The van der Waals surface area contributed by atoms with Crippen molar-refractivity contribution >= 4 is 28.7 Å². The van der Waals surface area contributed by atoms with Crippen LogP contribution in [-0.2, 0) is 6.54 Å². The van der Waals surface area contributed by atoms with Gasteiger partial charge in [0.1, 0.15) is 5.82 Å². The molecular formula is C19H28N4O3S. The van der Waals surface area contributed by atoms with Gasteiger partial charge in [-0.2, -0.15) is 0 Å². The fraction of sp³-hybridized carbons (Fsp3) is 0.526. The zero-order valence-electron chi connectivity index (χ0n) is 16.6. The first kappa shape index (κ1) is 21.0. The number of hydrogen-bond donors (Lipinski definition) is 2. The molecule has 2 aromatic rings. The van der Waals surface area contributed by atoms with Crippen molar-refractivity contribution < 1.29 is 4.79 Å². The summed E-state index contributed by atoms with van der Waals surface area (Å²) in [6.07, 6.45) is 1.57. The van der Waals surface area contributed by atoms with Crippen LogP contribution in [0.25, 0.3) is 0 Å². The van der Waals surface area contributed by atoms with E-state index in [1.165, 1.54) is 20.8 Å². The molecule has 0 aromatic carbocycles. The molecule has 0 radical (unpaired) electrons. The van der Waals surface area contributed by atoms with Gasteiger partial charge in [0.25, 0.3) is 11.5 Å². The van der Waals surface area contributed by atoms with Gasteiger partial charge in [-0.15, -0.1) is 11.3 Å². The third-order valence-corrected chi connectivity index (χ3v) is 5.25. The third kappa shape index (κ3) is 4.50. The SMILES string of the molecule is CCCCN(C(=O)c1cc(C)sc1C)c1c(N)n(CC(C)C)c(=O)[nH]c1=O. The van der Waals surface area contributed by atoms with Crippen LogP contribution in [0.5, 0.6) is 0 Å². The lowest BCUT2D eigenvalue weighted by molar-refractivity contribution is 0.0986. The Morgan fingerprint density at radius 2 is 2.00 bits per heavy atom. The van der Waals surface area contributed by atoms with E-state index in [1.54, 1.807) is 0 Å². The molecule has 0 saturated carbocycles. The van der Waals surface area contributed by atoms with Crippen LogP contribution >= 0.6 is 11.3 Å². The Bertz CT molecular complexity index is 939. The van der Waals surface area contributed by atoms with E-state index in [0.717, 1.165) is 22.6 Å². The second kappa shape index (κ2) is 8.56. The number of H-pyrrole nitrogens is 1. The Balaban J connectivity index is 2.63. The highest BCUT2D eigenvalue weighted by Gasteiger charge is 2.26. The minimum atomic E-state index is -0.633. The van der Waals surface area contributed by atoms with Crippen molar-refractivity contribution in [2.45, 2.75) is 54.0 Å². The summed E-state index contributed by atoms with van der Waals surface area (Å²) in [6, 6.07) is 1.83. The number of rotatable bonds is 7. The molecule has 27 heavy (non-hydrogen) atoms. The van der Waals surface area contributed by atoms with Crippen molar-refractivity contribution in [1.29, 1.82) is 0 Å². The van der Waals surface area contributed by atoms with Crippen molar-refractivity contribution in [2.24, 2.45) is 5.92 Å². The lowest BCUT2D eigenvalue weighted by atomic mass is 10.2. The average molecular weight is 393 g/mol. The fourth-order valence-electron chi connectivity index (χ4n) is 3.00. The number of nitrogens with zero attached hydrogens (tertiary/aromatic N) is 2. The highest BCUT2D eigenvalue weighted by molar-refractivity contribution is 7.12. The van der Waals surface area contributed by atoms with Gasteiger partial charge in [-0.3, -0.25) is 19.1 Å². The first-order chi connectivity index (χ1) is 12.7. The quantitative estimate of drug-likeness (QED) is 0.756. The summed E-state index contributed by atoms with van der Waals surface area (Å²) in [7, 11) is 0. The number of aromatic amines is 1. The molecule has 148 valence electrons. The Kier molecular flexibility index (Phi) is 6.64. The maximum Gasteiger partial charge on any atom is 0.330 e. The van der Waals surface area contributed by atoms with Crippen LogP contribution in [0.4, 0.5) is 11.5 Å². The fourth-order valence-corrected chi connectivity index (χ4v) is 3.92. The molecule has 2 rings (SSSR count). The first-order valence-corrected chi connectivity index (χ1v) is 10.0. The molecule has 8 heteroatoms. The van der Waals surface area contributed by atoms with E-state index in [4.69, 9.17) is 5.73 Å². The second-order valence-electron chi connectivity index (χ2n) is 7.13. The summed E-state index contributed by atoms with van der Waals surface area (Å²) in [5, 5.41) is 0. The predicted molar refractivity (Wildman–Crippen MR) is 111 cm³/mol. The number of carbonyl (C=O) groups excluding carboxylic acids is 1. The maximum absolute atomic E-state index is 13.2. The van der Waals surface area contributed by atoms with Crippen LogP contribution < -0.4 is 21.9 Å². The summed E-state index contributed by atoms with van der Waals surface area (Å²) in [6.45, 7) is 10.5. The molecular weight excluding hydrogens is 364 g/mol. The summed E-state index contributed by atoms with van der Waals surface area (Å²) < 4.78 is 1.33. The van der Waals surface area contributed by atoms with Crippen molar-refractivity contribution in [3.63, 3.8) is 0 Å². The number of nitrogens with one attached hydrogen (secondary N) is 1. The van der Waals surface area contributed by atoms with E-state index in [-0.39, 0.29) is 23.3 Å². The molecule has 0 aliphatic rings. The average Bonchev–Trinajstić information content (AvgIpc) is 2.92. The van der Waals surface area contributed by atoms with Crippen molar-refractivity contribution in [1.82, 2.24) is 9.55 Å². The number of hydrogen-bond acceptors (Lipinski definition) is 5. The van der Waals surface area contributed by atoms with Gasteiger partial charge < -0.3 is 10.6 Å². The number of anilines is 2. The molecule has 0 aliphatic heterocycles. The van der Waals surface area contributed by atoms with Gasteiger partial charge in [0.05, 0.1) is 5.56 Å². The zero-order valence-corrected chi connectivity index (χ0v) is 17.4. The normalized spacial score (nSPS) is 11.2. The lowest BCUT2D eigenvalue weighted by Gasteiger charge is -2.25. The second-order valence-corrected chi connectivity index (χ2v) is 8.60. The van der Waals surface area contributed by atoms with E-state index in [2.05, 4.69) is 4.98 Å². The zero-order chi connectivity index (χ0) is 20.3. The molecule has 0 aliphatic carbocycles. The minimum Gasteiger partial charge on any atom is -0.383 e. The van der Waals surface area contributed by atoms with Gasteiger partial charge in [-0.05, 0) is 32.3 Å². The van der Waals surface area contributed by atoms with E-state index in [0.29, 0.717) is 18.7 Å². The maximum atomic E-state index is 13.2. The van der Waals surface area contributed by atoms with Crippen LogP contribution in [0.1, 0.15) is 53.7 Å². The van der Waals surface area contributed by atoms with Gasteiger partial charge >= 0.3 is 5.69 Å². The van der Waals surface area contributed by atoms with Crippen molar-refractivity contribution in [2.75, 3.05) is 17.2 Å². The van der Waals surface area contributed by atoms with Gasteiger partial charge in [0, 0.05) is 22.8 Å². The molecule has 0 unspecified atom stereocenters. The molecule has 0 atom stereocenters. The van der Waals surface area contributed by atoms with Crippen LogP contribution in [-0.4, -0.2) is 22.0 Å². The lowest BCUT2D eigenvalue weighted by Crippen LogP contribution is -2.42. The molecule has 2 heterocycles. The van der Waals surface area contributed by atoms with Crippen LogP contribution in [0, 0.1) is 19.8 Å². The minimum absolute atomic E-state index is 0.0338. The molecule has 3 N–H and O–H groups in total. The third-order valence-electron chi connectivity index (χ3n) is 4.28. The largest absolute Gasteiger partial charge is 0.383 e. The van der Waals surface area contributed by atoms with E-state index in [9.17, 15) is 14.4 Å². The number of nitrogen functional groups attached to an aromatic ring is 1. The number of unbranched alkanes of at least 4 members (excludes halogenated alkanes) is 1. The van der Waals surface area contributed by atoms with E-state index in [1.807, 2.05) is 40.7 Å². The Hall–Kier alpha value is -2.35. The monoisotopic (exact) mass is 392 g/mol. The highest BCUT2D eigenvalue weighted by Crippen LogP contribution is 2.26. The predicted octanol–water partition coefficient (Wildman–Crippen LogP) is 2.90. The van der Waals surface area contributed by atoms with Gasteiger partial charge in [0.2, 0.25) is 0 Å². The van der Waals surface area contributed by atoms with Crippen molar-refractivity contribution in [3.05, 3.63) is 42.2 Å². The number of aryl methyl sites for hydroxylation is 2. The van der Waals surface area contributed by atoms with Gasteiger partial charge in [-0.1, -0.05) is 27.2 Å². The molecule has 0 spiro atoms. The van der Waals surface area contributed by atoms with Crippen LogP contribution in [0.2, 0.25) is 0 Å². The van der Waals surface area contributed by atoms with Crippen LogP contribution in [0.3, 0.4) is 0 Å². The summed E-state index contributed by atoms with van der Waals surface area (Å²) in [5.41, 5.74) is 5.65. The topological polar surface area (TPSA) is 101 Å². The van der Waals surface area contributed by atoms with Crippen molar-refractivity contribution in [3.8, 4) is 0 Å². The number of thiophene rings is 1. The Morgan fingerprint density at radius 3 is 2.52 bits per heavy atom. The Labute approximate surface area is 162 Å². The van der Waals surface area contributed by atoms with Crippen LogP contribution in [0.15, 0.2) is 15.7 Å². The summed E-state index contributed by atoms with van der Waals surface area (Å²) in [4.78, 5) is 43.7. The summed E-state index contributed by atoms with van der Waals surface area (Å²) in [5.74, 6) is -0.0749. The number of nitrogens with two attached hydrogens (primary N) is 1. The first-order valence-electron chi connectivity index (χ1n) is 9.18. The number of amides is 1. The molecule has 7 nitrogen and oxygen atoms in total. The summed E-state index contributed by atoms with van der Waals surface area (Å²) >= 11 is 1.54. The molecule has 2 aromatic heterocycles. The Morgan fingerprint density at radius 1 is 1.33 bits per heavy atom. The van der Waals surface area contributed by atoms with Gasteiger partial charge in [-0.25, -0.2) is 4.79 Å². The standard InChI is InChI=1S/C19H28N4O3S/c1-6-7-8-22(18(25)14-9-12(4)27-13(14)5)15-16(20)23(10-11(2)3)19(26)21-17(15)24/h9,11H,6-8,10,20H2,1-5H3,(H,21,24,26). The van der Waals surface area contributed by atoms with E-state index < -0.39 is 11.2 Å². The molecule has 0 saturated heterocycles. The number of carbonyl (C=O) groups is 1. The molecule has 0 fully saturated rings. The number of aromatic nitrogens is 2. The van der Waals surface area contributed by atoms with E-state index >= 15 is 0 Å². The molecule has 1 amide bonds. The van der Waals surface area contributed by atoms with Gasteiger partial charge in [0.15, 0.2) is 5.69 Å². The smallest absolute Gasteiger partial charge is 0.330 e. The molecule has 0 bridgehead atoms.